The summed E-state index contributed by atoms with van der Waals surface area (Å²) in [7, 11) is -0.922. The van der Waals surface area contributed by atoms with Crippen LogP contribution in [0.15, 0.2) is 54.8 Å². The Morgan fingerprint density at radius 1 is 1.30 bits per heavy atom. The number of likely N-dealkylation sites (tertiary alicyclic amines) is 1. The summed E-state index contributed by atoms with van der Waals surface area (Å²) in [6, 6.07) is 4.96. The highest BCUT2D eigenvalue weighted by Crippen LogP contribution is 2.26. The minimum atomic E-state index is -0.922. The van der Waals surface area contributed by atoms with Gasteiger partial charge >= 0.3 is 7.12 Å². The van der Waals surface area contributed by atoms with Crippen LogP contribution in [0.4, 0.5) is 0 Å². The number of carbonyl (C=O) groups excluding carboxylic acids is 2. The van der Waals surface area contributed by atoms with E-state index in [2.05, 4.69) is 31.1 Å². The predicted octanol–water partition coefficient (Wildman–Crippen LogP) is 4.13. The van der Waals surface area contributed by atoms with Crippen LogP contribution in [0, 0.1) is 0 Å². The molecule has 0 saturated carbocycles. The molecule has 1 atom stereocenters. The summed E-state index contributed by atoms with van der Waals surface area (Å²) in [5.41, 5.74) is 9.01. The second-order valence-electron chi connectivity index (χ2n) is 7.12. The topological polar surface area (TPSA) is 92.9 Å². The molecule has 0 aromatic heterocycles. The first kappa shape index (κ1) is 30.4. The number of Topliss-reactive ketones (excluding diaryl/α,β-unsaturated/α-hetero) is 1. The van der Waals surface area contributed by atoms with E-state index in [1.807, 2.05) is 33.8 Å². The van der Waals surface area contributed by atoms with E-state index in [0.29, 0.717) is 17.6 Å². The van der Waals surface area contributed by atoms with Gasteiger partial charge < -0.3 is 20.3 Å². The average molecular weight is 456 g/mol. The Balaban J connectivity index is 0.000000546. The van der Waals surface area contributed by atoms with Crippen LogP contribution >= 0.6 is 0 Å². The van der Waals surface area contributed by atoms with Crippen LogP contribution in [0.3, 0.4) is 0 Å². The maximum atomic E-state index is 11.5. The number of fused-ring (bicyclic) bond motifs is 1. The first-order valence-corrected chi connectivity index (χ1v) is 11.8. The van der Waals surface area contributed by atoms with Gasteiger partial charge in [0.2, 0.25) is 5.91 Å². The molecule has 182 valence electrons. The van der Waals surface area contributed by atoms with Crippen molar-refractivity contribution in [2.24, 2.45) is 5.73 Å². The quantitative estimate of drug-likeness (QED) is 0.496. The normalized spacial score (nSPS) is 16.2. The van der Waals surface area contributed by atoms with E-state index in [0.717, 1.165) is 42.6 Å². The van der Waals surface area contributed by atoms with Gasteiger partial charge in [0, 0.05) is 17.8 Å². The summed E-state index contributed by atoms with van der Waals surface area (Å²) < 4.78 is 4.96. The van der Waals surface area contributed by atoms with E-state index in [1.54, 1.807) is 25.1 Å². The van der Waals surface area contributed by atoms with Crippen molar-refractivity contribution in [3.8, 4) is 0 Å². The zero-order chi connectivity index (χ0) is 25.6. The lowest BCUT2D eigenvalue weighted by atomic mass is 9.79. The highest BCUT2D eigenvalue weighted by atomic mass is 16.5. The Hall–Kier alpha value is -2.64. The Kier molecular flexibility index (Phi) is 14.8. The number of carbonyl (C=O) groups is 2. The van der Waals surface area contributed by atoms with Gasteiger partial charge in [-0.05, 0) is 54.9 Å². The van der Waals surface area contributed by atoms with Crippen LogP contribution in [0.1, 0.15) is 76.7 Å². The maximum absolute atomic E-state index is 11.5. The lowest BCUT2D eigenvalue weighted by Crippen LogP contribution is -2.34. The van der Waals surface area contributed by atoms with Gasteiger partial charge in [0.1, 0.15) is 0 Å². The van der Waals surface area contributed by atoms with Gasteiger partial charge in [-0.15, -0.1) is 0 Å². The highest BCUT2D eigenvalue weighted by molar-refractivity contribution is 6.61. The summed E-state index contributed by atoms with van der Waals surface area (Å²) >= 11 is 0. The third-order valence-corrected chi connectivity index (χ3v) is 5.14. The van der Waals surface area contributed by atoms with E-state index < -0.39 is 13.0 Å². The van der Waals surface area contributed by atoms with Crippen molar-refractivity contribution >= 4 is 24.3 Å². The SMILES string of the molecule is C=C/C(=C\CC)C(=C)N1CCCC1C(C)=O.CC.CC.NC(=O)c1ccc2c(c1)B(O)OC2. The fourth-order valence-corrected chi connectivity index (χ4v) is 3.59. The van der Waals surface area contributed by atoms with Gasteiger partial charge in [0.25, 0.3) is 0 Å². The van der Waals surface area contributed by atoms with Gasteiger partial charge in [-0.2, -0.15) is 0 Å². The first-order valence-electron chi connectivity index (χ1n) is 11.8. The van der Waals surface area contributed by atoms with Crippen LogP contribution in [-0.4, -0.2) is 41.3 Å². The molecule has 2 heterocycles. The molecule has 0 aliphatic carbocycles. The standard InChI is InChI=1S/C14H21NO.C8H8BNO3.2C2H6/c1-5-8-13(6-2)11(3)15-10-7-9-14(15)12(4)16;10-8(11)5-1-2-6-4-13-9(12)7(6)3-5;2*1-2/h6,8,14H,2-3,5,7,9-10H2,1,4H3;1-3,12H,4H2,(H2,10,11);2*1-2H3/b13-8+;;;. The lowest BCUT2D eigenvalue weighted by molar-refractivity contribution is -0.120. The zero-order valence-corrected chi connectivity index (χ0v) is 21.2. The summed E-state index contributed by atoms with van der Waals surface area (Å²) in [5, 5.41) is 9.31. The number of primary amides is 1. The van der Waals surface area contributed by atoms with Crippen LogP contribution in [-0.2, 0) is 16.1 Å². The molecule has 1 unspecified atom stereocenters. The second-order valence-corrected chi connectivity index (χ2v) is 7.12. The molecule has 0 radical (unpaired) electrons. The van der Waals surface area contributed by atoms with E-state index in [-0.39, 0.29) is 11.8 Å². The first-order chi connectivity index (χ1) is 15.8. The predicted molar refractivity (Wildman–Crippen MR) is 138 cm³/mol. The Morgan fingerprint density at radius 2 is 1.94 bits per heavy atom. The molecule has 0 spiro atoms. The molecule has 6 nitrogen and oxygen atoms in total. The number of hydrogen-bond donors (Lipinski definition) is 2. The molecule has 7 heteroatoms. The molecule has 0 bridgehead atoms. The Bertz CT molecular complexity index is 836. The average Bonchev–Trinajstić information content (AvgIpc) is 3.47. The number of amides is 1. The summed E-state index contributed by atoms with van der Waals surface area (Å²) in [6.45, 7) is 21.0. The molecule has 33 heavy (non-hydrogen) atoms. The minimum Gasteiger partial charge on any atom is -0.423 e. The monoisotopic (exact) mass is 456 g/mol. The number of allylic oxidation sites excluding steroid dienone is 2. The molecule has 2 aliphatic rings. The van der Waals surface area contributed by atoms with Crippen LogP contribution in [0.25, 0.3) is 0 Å². The third kappa shape index (κ3) is 8.67. The van der Waals surface area contributed by atoms with Crippen molar-refractivity contribution in [3.63, 3.8) is 0 Å². The second kappa shape index (κ2) is 16.1. The number of nitrogens with zero attached hydrogens (tertiary/aromatic N) is 1. The van der Waals surface area contributed by atoms with Crippen molar-refractivity contribution in [1.29, 1.82) is 0 Å². The number of rotatable bonds is 6. The highest BCUT2D eigenvalue weighted by Gasteiger charge is 2.29. The van der Waals surface area contributed by atoms with Crippen LogP contribution < -0.4 is 11.2 Å². The van der Waals surface area contributed by atoms with E-state index >= 15 is 0 Å². The third-order valence-electron chi connectivity index (χ3n) is 5.14. The van der Waals surface area contributed by atoms with Gasteiger partial charge in [0.15, 0.2) is 5.78 Å². The minimum absolute atomic E-state index is 0.0210. The molecular formula is C26H41BN2O4. The summed E-state index contributed by atoms with van der Waals surface area (Å²) in [5.74, 6) is -0.263. The summed E-state index contributed by atoms with van der Waals surface area (Å²) in [6.07, 6.45) is 6.90. The molecule has 3 N–H and O–H groups in total. The molecule has 1 aromatic rings. The number of ketones is 1. The largest absolute Gasteiger partial charge is 0.491 e. The number of hydrogen-bond acceptors (Lipinski definition) is 5. The van der Waals surface area contributed by atoms with Crippen LogP contribution in [0.5, 0.6) is 0 Å². The fourth-order valence-electron chi connectivity index (χ4n) is 3.59. The molecule has 1 aromatic carbocycles. The molecule has 3 rings (SSSR count). The van der Waals surface area contributed by atoms with E-state index in [4.69, 9.17) is 10.4 Å². The molecular weight excluding hydrogens is 415 g/mol. The molecule has 1 fully saturated rings. The van der Waals surface area contributed by atoms with Crippen molar-refractivity contribution in [2.75, 3.05) is 6.54 Å². The number of benzene rings is 1. The van der Waals surface area contributed by atoms with Crippen molar-refractivity contribution < 1.29 is 19.3 Å². The van der Waals surface area contributed by atoms with Crippen LogP contribution in [0.2, 0.25) is 0 Å². The summed E-state index contributed by atoms with van der Waals surface area (Å²) in [4.78, 5) is 24.4. The molecule has 1 saturated heterocycles. The fraction of sp³-hybridized carbons (Fsp3) is 0.462. The molecule has 1 amide bonds. The van der Waals surface area contributed by atoms with Gasteiger partial charge in [-0.3, -0.25) is 9.59 Å². The molecule has 2 aliphatic heterocycles. The van der Waals surface area contributed by atoms with Crippen molar-refractivity contribution in [3.05, 3.63) is 65.9 Å². The van der Waals surface area contributed by atoms with Crippen molar-refractivity contribution in [1.82, 2.24) is 4.90 Å². The van der Waals surface area contributed by atoms with E-state index in [1.165, 1.54) is 0 Å². The van der Waals surface area contributed by atoms with E-state index in [9.17, 15) is 14.6 Å². The van der Waals surface area contributed by atoms with Gasteiger partial charge in [-0.1, -0.05) is 66.0 Å². The van der Waals surface area contributed by atoms with Crippen molar-refractivity contribution in [2.45, 2.75) is 73.5 Å². The maximum Gasteiger partial charge on any atom is 0.491 e. The Labute approximate surface area is 200 Å². The zero-order valence-electron chi connectivity index (χ0n) is 21.2. The van der Waals surface area contributed by atoms with Gasteiger partial charge in [-0.25, -0.2) is 0 Å². The van der Waals surface area contributed by atoms with Gasteiger partial charge in [0.05, 0.1) is 12.6 Å². The Morgan fingerprint density at radius 3 is 2.45 bits per heavy atom. The lowest BCUT2D eigenvalue weighted by Gasteiger charge is -2.27. The number of nitrogens with two attached hydrogens (primary N) is 1. The smallest absolute Gasteiger partial charge is 0.423 e.